The summed E-state index contributed by atoms with van der Waals surface area (Å²) in [5.41, 5.74) is 2.72. The number of hydrogen-bond donors (Lipinski definition) is 1. The first-order chi connectivity index (χ1) is 12.3. The van der Waals surface area contributed by atoms with Crippen molar-refractivity contribution in [2.75, 3.05) is 26.0 Å². The van der Waals surface area contributed by atoms with Gasteiger partial charge in [-0.05, 0) is 56.3 Å². The summed E-state index contributed by atoms with van der Waals surface area (Å²) in [6.07, 6.45) is 0. The molecule has 2 rings (SSSR count). The van der Waals surface area contributed by atoms with Gasteiger partial charge in [-0.2, -0.15) is 0 Å². The number of likely N-dealkylation sites (N-methyl/N-ethyl adjacent to an activating group) is 1. The highest BCUT2D eigenvalue weighted by atomic mass is 19.1. The molecule has 1 N–H and O–H groups in total. The van der Waals surface area contributed by atoms with Crippen LogP contribution >= 0.6 is 0 Å². The van der Waals surface area contributed by atoms with Gasteiger partial charge in [0, 0.05) is 11.7 Å². The summed E-state index contributed by atoms with van der Waals surface area (Å²) < 4.78 is 17.7. The maximum absolute atomic E-state index is 13.0. The number of hydrogen-bond acceptors (Lipinski definition) is 4. The van der Waals surface area contributed by atoms with Crippen molar-refractivity contribution in [3.05, 3.63) is 65.0 Å². The number of ether oxygens (including phenoxy) is 1. The van der Waals surface area contributed by atoms with Crippen LogP contribution < -0.4 is 5.32 Å². The molecule has 0 saturated heterocycles. The molecule has 138 valence electrons. The summed E-state index contributed by atoms with van der Waals surface area (Å²) >= 11 is 0. The van der Waals surface area contributed by atoms with E-state index in [0.29, 0.717) is 11.3 Å². The molecule has 1 atom stereocenters. The second-order valence-corrected chi connectivity index (χ2v) is 6.21. The maximum Gasteiger partial charge on any atom is 0.337 e. The second-order valence-electron chi connectivity index (χ2n) is 6.21. The fraction of sp³-hybridized carbons (Fsp3) is 0.300. The van der Waals surface area contributed by atoms with Gasteiger partial charge >= 0.3 is 5.97 Å². The number of halogens is 1. The van der Waals surface area contributed by atoms with Gasteiger partial charge in [-0.25, -0.2) is 9.18 Å². The molecule has 0 aromatic heterocycles. The lowest BCUT2D eigenvalue weighted by atomic mass is 10.1. The number of aryl methyl sites for hydroxylation is 1. The van der Waals surface area contributed by atoms with Crippen molar-refractivity contribution in [3.63, 3.8) is 0 Å². The van der Waals surface area contributed by atoms with Gasteiger partial charge in [0.15, 0.2) is 0 Å². The quantitative estimate of drug-likeness (QED) is 0.803. The van der Waals surface area contributed by atoms with Crippen LogP contribution in [0.4, 0.5) is 10.1 Å². The smallest absolute Gasteiger partial charge is 0.337 e. The number of amides is 1. The number of rotatable bonds is 6. The molecule has 2 aromatic rings. The monoisotopic (exact) mass is 358 g/mol. The van der Waals surface area contributed by atoms with Crippen molar-refractivity contribution >= 4 is 17.6 Å². The molecule has 1 unspecified atom stereocenters. The highest BCUT2D eigenvalue weighted by molar-refractivity contribution is 5.96. The van der Waals surface area contributed by atoms with E-state index >= 15 is 0 Å². The Bertz CT molecular complexity index is 790. The van der Waals surface area contributed by atoms with E-state index in [-0.39, 0.29) is 24.3 Å². The fourth-order valence-corrected chi connectivity index (χ4v) is 2.55. The number of nitrogens with zero attached hydrogens (tertiary/aromatic N) is 1. The Morgan fingerprint density at radius 3 is 2.46 bits per heavy atom. The van der Waals surface area contributed by atoms with Gasteiger partial charge in [0.25, 0.3) is 0 Å². The number of benzene rings is 2. The van der Waals surface area contributed by atoms with Crippen LogP contribution in [0.3, 0.4) is 0 Å². The molecule has 0 spiro atoms. The lowest BCUT2D eigenvalue weighted by Crippen LogP contribution is -2.32. The third-order valence-corrected chi connectivity index (χ3v) is 4.34. The molecule has 0 aliphatic rings. The number of carbonyl (C=O) groups excluding carboxylic acids is 2. The van der Waals surface area contributed by atoms with Crippen molar-refractivity contribution in [3.8, 4) is 0 Å². The maximum atomic E-state index is 13.0. The van der Waals surface area contributed by atoms with Crippen molar-refractivity contribution in [1.82, 2.24) is 4.90 Å². The Morgan fingerprint density at radius 2 is 1.85 bits per heavy atom. The van der Waals surface area contributed by atoms with E-state index < -0.39 is 5.97 Å². The predicted molar refractivity (Wildman–Crippen MR) is 98.6 cm³/mol. The van der Waals surface area contributed by atoms with E-state index in [0.717, 1.165) is 11.1 Å². The SMILES string of the molecule is COC(=O)c1ccc(C)c(NC(=O)CN(C)C(C)c2ccc(F)cc2)c1. The zero-order chi connectivity index (χ0) is 19.3. The van der Waals surface area contributed by atoms with Crippen LogP contribution in [0.5, 0.6) is 0 Å². The van der Waals surface area contributed by atoms with Crippen molar-refractivity contribution in [2.24, 2.45) is 0 Å². The average molecular weight is 358 g/mol. The second kappa shape index (κ2) is 8.58. The molecule has 6 heteroatoms. The van der Waals surface area contributed by atoms with Gasteiger partial charge in [-0.15, -0.1) is 0 Å². The number of nitrogens with one attached hydrogen (secondary N) is 1. The molecule has 0 aliphatic heterocycles. The topological polar surface area (TPSA) is 58.6 Å². The highest BCUT2D eigenvalue weighted by Gasteiger charge is 2.16. The lowest BCUT2D eigenvalue weighted by molar-refractivity contribution is -0.117. The fourth-order valence-electron chi connectivity index (χ4n) is 2.55. The molecule has 0 fully saturated rings. The summed E-state index contributed by atoms with van der Waals surface area (Å²) in [5, 5.41) is 2.83. The van der Waals surface area contributed by atoms with Crippen molar-refractivity contribution in [1.29, 1.82) is 0 Å². The summed E-state index contributed by atoms with van der Waals surface area (Å²) in [6.45, 7) is 3.95. The van der Waals surface area contributed by atoms with E-state index in [1.807, 2.05) is 25.8 Å². The first kappa shape index (κ1) is 19.6. The highest BCUT2D eigenvalue weighted by Crippen LogP contribution is 2.20. The van der Waals surface area contributed by atoms with Gasteiger partial charge in [-0.3, -0.25) is 9.69 Å². The molecular formula is C20H23FN2O3. The summed E-state index contributed by atoms with van der Waals surface area (Å²) in [4.78, 5) is 25.9. The first-order valence-electron chi connectivity index (χ1n) is 8.26. The van der Waals surface area contributed by atoms with Crippen molar-refractivity contribution in [2.45, 2.75) is 19.9 Å². The Balaban J connectivity index is 2.03. The average Bonchev–Trinajstić information content (AvgIpc) is 2.62. The molecule has 0 saturated carbocycles. The van der Waals surface area contributed by atoms with Gasteiger partial charge in [0.1, 0.15) is 5.82 Å². The van der Waals surface area contributed by atoms with E-state index in [1.54, 1.807) is 30.3 Å². The van der Waals surface area contributed by atoms with Crippen molar-refractivity contribution < 1.29 is 18.7 Å². The van der Waals surface area contributed by atoms with Gasteiger partial charge in [0.2, 0.25) is 5.91 Å². The number of esters is 1. The standard InChI is InChI=1S/C20H23FN2O3/c1-13-5-6-16(20(25)26-4)11-18(13)22-19(24)12-23(3)14(2)15-7-9-17(21)10-8-15/h5-11,14H,12H2,1-4H3,(H,22,24). The van der Waals surface area contributed by atoms with Gasteiger partial charge in [-0.1, -0.05) is 18.2 Å². The van der Waals surface area contributed by atoms with E-state index in [4.69, 9.17) is 4.74 Å². The zero-order valence-electron chi connectivity index (χ0n) is 15.4. The molecule has 2 aromatic carbocycles. The molecular weight excluding hydrogens is 335 g/mol. The summed E-state index contributed by atoms with van der Waals surface area (Å²) in [6, 6.07) is 11.2. The third-order valence-electron chi connectivity index (χ3n) is 4.34. The molecule has 0 heterocycles. The summed E-state index contributed by atoms with van der Waals surface area (Å²) in [5.74, 6) is -0.948. The third kappa shape index (κ3) is 4.89. The van der Waals surface area contributed by atoms with Crippen LogP contribution in [0.2, 0.25) is 0 Å². The van der Waals surface area contributed by atoms with Crippen LogP contribution in [0.15, 0.2) is 42.5 Å². The Morgan fingerprint density at radius 1 is 1.19 bits per heavy atom. The zero-order valence-corrected chi connectivity index (χ0v) is 15.4. The Hall–Kier alpha value is -2.73. The van der Waals surface area contributed by atoms with Crippen LogP contribution in [-0.2, 0) is 9.53 Å². The molecule has 0 aliphatic carbocycles. The van der Waals surface area contributed by atoms with E-state index in [1.165, 1.54) is 19.2 Å². The Labute approximate surface area is 152 Å². The van der Waals surface area contributed by atoms with Crippen LogP contribution in [-0.4, -0.2) is 37.5 Å². The first-order valence-corrected chi connectivity index (χ1v) is 8.26. The normalized spacial score (nSPS) is 11.9. The largest absolute Gasteiger partial charge is 0.465 e. The minimum absolute atomic E-state index is 0.0520. The molecule has 0 bridgehead atoms. The molecule has 0 radical (unpaired) electrons. The summed E-state index contributed by atoms with van der Waals surface area (Å²) in [7, 11) is 3.14. The minimum Gasteiger partial charge on any atom is -0.465 e. The number of anilines is 1. The lowest BCUT2D eigenvalue weighted by Gasteiger charge is -2.24. The van der Waals surface area contributed by atoms with Gasteiger partial charge in [0.05, 0.1) is 19.2 Å². The molecule has 1 amide bonds. The molecule has 5 nitrogen and oxygen atoms in total. The molecule has 26 heavy (non-hydrogen) atoms. The van der Waals surface area contributed by atoms with Crippen LogP contribution in [0, 0.1) is 12.7 Å². The van der Waals surface area contributed by atoms with E-state index in [2.05, 4.69) is 5.32 Å². The van der Waals surface area contributed by atoms with Gasteiger partial charge < -0.3 is 10.1 Å². The minimum atomic E-state index is -0.456. The predicted octanol–water partition coefficient (Wildman–Crippen LogP) is 3.55. The van der Waals surface area contributed by atoms with Crippen LogP contribution in [0.25, 0.3) is 0 Å². The Kier molecular flexibility index (Phi) is 6.46. The number of methoxy groups -OCH3 is 1. The number of carbonyl (C=O) groups is 2. The van der Waals surface area contributed by atoms with Crippen LogP contribution in [0.1, 0.15) is 34.5 Å². The van der Waals surface area contributed by atoms with E-state index in [9.17, 15) is 14.0 Å².